The zero-order chi connectivity index (χ0) is 10.7. The molecule has 0 unspecified atom stereocenters. The number of nitrogens with zero attached hydrogens (tertiary/aromatic N) is 3. The van der Waals surface area contributed by atoms with E-state index in [4.69, 9.17) is 5.73 Å². The molecule has 88 valence electrons. The van der Waals surface area contributed by atoms with Gasteiger partial charge in [0, 0.05) is 45.3 Å². The summed E-state index contributed by atoms with van der Waals surface area (Å²) in [6.45, 7) is 9.54. The van der Waals surface area contributed by atoms with Gasteiger partial charge in [0.25, 0.3) is 0 Å². The zero-order valence-electron chi connectivity index (χ0n) is 9.86. The van der Waals surface area contributed by atoms with Gasteiger partial charge in [-0.2, -0.15) is 0 Å². The van der Waals surface area contributed by atoms with Gasteiger partial charge < -0.3 is 15.5 Å². The van der Waals surface area contributed by atoms with Crippen LogP contribution < -0.4 is 5.73 Å². The molecule has 2 fully saturated rings. The van der Waals surface area contributed by atoms with E-state index in [9.17, 15) is 0 Å². The van der Waals surface area contributed by atoms with Crippen LogP contribution in [-0.4, -0.2) is 80.1 Å². The van der Waals surface area contributed by atoms with Crippen molar-refractivity contribution in [2.24, 2.45) is 5.73 Å². The Labute approximate surface area is 93.0 Å². The maximum atomic E-state index is 5.51. The summed E-state index contributed by atoms with van der Waals surface area (Å²) in [6, 6.07) is 0.830. The molecule has 0 spiro atoms. The van der Waals surface area contributed by atoms with Crippen molar-refractivity contribution in [3.8, 4) is 0 Å². The molecular weight excluding hydrogens is 188 g/mol. The molecule has 2 rings (SSSR count). The summed E-state index contributed by atoms with van der Waals surface area (Å²) in [5.74, 6) is 0. The number of hydrogen-bond acceptors (Lipinski definition) is 4. The Hall–Kier alpha value is -0.160. The van der Waals surface area contributed by atoms with Crippen molar-refractivity contribution >= 4 is 0 Å². The van der Waals surface area contributed by atoms with Gasteiger partial charge in [-0.15, -0.1) is 0 Å². The number of rotatable bonds is 4. The van der Waals surface area contributed by atoms with Gasteiger partial charge in [0.05, 0.1) is 0 Å². The van der Waals surface area contributed by atoms with E-state index >= 15 is 0 Å². The van der Waals surface area contributed by atoms with Crippen LogP contribution in [0.5, 0.6) is 0 Å². The summed E-state index contributed by atoms with van der Waals surface area (Å²) in [6.07, 6.45) is 1.15. The van der Waals surface area contributed by atoms with Crippen molar-refractivity contribution in [3.63, 3.8) is 0 Å². The Morgan fingerprint density at radius 2 is 1.80 bits per heavy atom. The molecule has 2 saturated heterocycles. The molecule has 0 aromatic heterocycles. The number of hydrogen-bond donors (Lipinski definition) is 1. The number of likely N-dealkylation sites (tertiary alicyclic amines) is 1. The van der Waals surface area contributed by atoms with Crippen molar-refractivity contribution in [1.82, 2.24) is 14.7 Å². The van der Waals surface area contributed by atoms with Crippen LogP contribution >= 0.6 is 0 Å². The van der Waals surface area contributed by atoms with E-state index in [1.54, 1.807) is 0 Å². The Bertz CT molecular complexity index is 183. The molecular formula is C11H24N4. The third-order valence-corrected chi connectivity index (χ3v) is 3.67. The minimum atomic E-state index is 0.829. The molecule has 0 aromatic carbocycles. The lowest BCUT2D eigenvalue weighted by Gasteiger charge is -2.48. The SMILES string of the molecule is CN1CCN(C2CN(CCCN)C2)CC1. The van der Waals surface area contributed by atoms with Crippen LogP contribution in [0.2, 0.25) is 0 Å². The van der Waals surface area contributed by atoms with E-state index in [0.29, 0.717) is 0 Å². The summed E-state index contributed by atoms with van der Waals surface area (Å²) in [7, 11) is 2.21. The largest absolute Gasteiger partial charge is 0.330 e. The minimum Gasteiger partial charge on any atom is -0.330 e. The van der Waals surface area contributed by atoms with E-state index in [1.807, 2.05) is 0 Å². The third kappa shape index (κ3) is 2.91. The quantitative estimate of drug-likeness (QED) is 0.666. The van der Waals surface area contributed by atoms with Crippen molar-refractivity contribution in [2.45, 2.75) is 12.5 Å². The maximum absolute atomic E-state index is 5.51. The maximum Gasteiger partial charge on any atom is 0.0351 e. The van der Waals surface area contributed by atoms with Crippen LogP contribution in [0, 0.1) is 0 Å². The number of likely N-dealkylation sites (N-methyl/N-ethyl adjacent to an activating group) is 1. The summed E-state index contributed by atoms with van der Waals surface area (Å²) in [5.41, 5.74) is 5.51. The van der Waals surface area contributed by atoms with E-state index in [-0.39, 0.29) is 0 Å². The van der Waals surface area contributed by atoms with Crippen LogP contribution in [0.25, 0.3) is 0 Å². The highest BCUT2D eigenvalue weighted by atomic mass is 15.3. The highest BCUT2D eigenvalue weighted by Crippen LogP contribution is 2.16. The fraction of sp³-hybridized carbons (Fsp3) is 1.00. The first-order valence-electron chi connectivity index (χ1n) is 6.14. The molecule has 0 saturated carbocycles. The predicted octanol–water partition coefficient (Wildman–Crippen LogP) is -0.733. The second-order valence-electron chi connectivity index (χ2n) is 4.89. The lowest BCUT2D eigenvalue weighted by molar-refractivity contribution is 0.00956. The lowest BCUT2D eigenvalue weighted by atomic mass is 10.1. The van der Waals surface area contributed by atoms with Gasteiger partial charge in [0.15, 0.2) is 0 Å². The molecule has 0 amide bonds. The summed E-state index contributed by atoms with van der Waals surface area (Å²) in [5, 5.41) is 0. The molecule has 0 aliphatic carbocycles. The predicted molar refractivity (Wildman–Crippen MR) is 63.0 cm³/mol. The standard InChI is InChI=1S/C11H24N4/c1-13-5-7-15(8-6-13)11-9-14(10-11)4-2-3-12/h11H,2-10,12H2,1H3. The number of piperazine rings is 1. The summed E-state index contributed by atoms with van der Waals surface area (Å²) < 4.78 is 0. The van der Waals surface area contributed by atoms with E-state index in [1.165, 1.54) is 45.8 Å². The zero-order valence-corrected chi connectivity index (χ0v) is 9.86. The lowest BCUT2D eigenvalue weighted by Crippen LogP contribution is -2.62. The van der Waals surface area contributed by atoms with Gasteiger partial charge in [0.2, 0.25) is 0 Å². The second-order valence-corrected chi connectivity index (χ2v) is 4.89. The molecule has 2 aliphatic rings. The molecule has 2 aliphatic heterocycles. The van der Waals surface area contributed by atoms with Gasteiger partial charge in [-0.3, -0.25) is 4.90 Å². The van der Waals surface area contributed by atoms with Gasteiger partial charge in [-0.1, -0.05) is 0 Å². The molecule has 0 bridgehead atoms. The van der Waals surface area contributed by atoms with E-state index < -0.39 is 0 Å². The Kier molecular flexibility index (Phi) is 3.97. The molecule has 0 atom stereocenters. The minimum absolute atomic E-state index is 0.829. The van der Waals surface area contributed by atoms with E-state index in [2.05, 4.69) is 21.7 Å². The summed E-state index contributed by atoms with van der Waals surface area (Å²) in [4.78, 5) is 7.59. The first-order valence-corrected chi connectivity index (χ1v) is 6.14. The van der Waals surface area contributed by atoms with Crippen LogP contribution in [0.1, 0.15) is 6.42 Å². The average Bonchev–Trinajstić information content (AvgIpc) is 2.18. The Balaban J connectivity index is 1.62. The molecule has 2 heterocycles. The highest BCUT2D eigenvalue weighted by Gasteiger charge is 2.32. The number of nitrogens with two attached hydrogens (primary N) is 1. The monoisotopic (exact) mass is 212 g/mol. The third-order valence-electron chi connectivity index (χ3n) is 3.67. The molecule has 2 N–H and O–H groups in total. The smallest absolute Gasteiger partial charge is 0.0351 e. The van der Waals surface area contributed by atoms with E-state index in [0.717, 1.165) is 19.0 Å². The molecule has 0 aromatic rings. The fourth-order valence-electron chi connectivity index (χ4n) is 2.46. The second kappa shape index (κ2) is 5.25. The first-order chi connectivity index (χ1) is 7.29. The van der Waals surface area contributed by atoms with Crippen LogP contribution in [-0.2, 0) is 0 Å². The topological polar surface area (TPSA) is 35.7 Å². The molecule has 0 radical (unpaired) electrons. The van der Waals surface area contributed by atoms with Crippen LogP contribution in [0.3, 0.4) is 0 Å². The van der Waals surface area contributed by atoms with Crippen molar-refractivity contribution in [2.75, 3.05) is 59.4 Å². The molecule has 4 nitrogen and oxygen atoms in total. The highest BCUT2D eigenvalue weighted by molar-refractivity contribution is 4.89. The molecule has 4 heteroatoms. The van der Waals surface area contributed by atoms with Gasteiger partial charge in [-0.25, -0.2) is 0 Å². The normalized spacial score (nSPS) is 26.8. The van der Waals surface area contributed by atoms with Crippen LogP contribution in [0.4, 0.5) is 0 Å². The van der Waals surface area contributed by atoms with Crippen molar-refractivity contribution in [1.29, 1.82) is 0 Å². The van der Waals surface area contributed by atoms with Gasteiger partial charge in [0.1, 0.15) is 0 Å². The Morgan fingerprint density at radius 1 is 1.13 bits per heavy atom. The molecule has 15 heavy (non-hydrogen) atoms. The average molecular weight is 212 g/mol. The van der Waals surface area contributed by atoms with Crippen molar-refractivity contribution < 1.29 is 0 Å². The Morgan fingerprint density at radius 3 is 2.40 bits per heavy atom. The first kappa shape index (κ1) is 11.3. The van der Waals surface area contributed by atoms with Crippen LogP contribution in [0.15, 0.2) is 0 Å². The van der Waals surface area contributed by atoms with Gasteiger partial charge >= 0.3 is 0 Å². The van der Waals surface area contributed by atoms with Gasteiger partial charge in [-0.05, 0) is 26.6 Å². The van der Waals surface area contributed by atoms with Crippen molar-refractivity contribution in [3.05, 3.63) is 0 Å². The summed E-state index contributed by atoms with van der Waals surface area (Å²) >= 11 is 0. The fourth-order valence-corrected chi connectivity index (χ4v) is 2.46.